The lowest BCUT2D eigenvalue weighted by Crippen LogP contribution is -2.55. The van der Waals surface area contributed by atoms with Gasteiger partial charge in [-0.1, -0.05) is 30.3 Å². The Morgan fingerprint density at radius 3 is 2.42 bits per heavy atom. The Bertz CT molecular complexity index is 400. The summed E-state index contributed by atoms with van der Waals surface area (Å²) in [5, 5.41) is 30.2. The van der Waals surface area contributed by atoms with Crippen LogP contribution in [0.4, 0.5) is 0 Å². The van der Waals surface area contributed by atoms with Crippen LogP contribution in [0.25, 0.3) is 0 Å². The summed E-state index contributed by atoms with van der Waals surface area (Å²) < 4.78 is 0. The highest BCUT2D eigenvalue weighted by Crippen LogP contribution is 2.04. The molecule has 1 rings (SSSR count). The first-order valence-corrected chi connectivity index (χ1v) is 6.06. The maximum atomic E-state index is 11.7. The predicted octanol–water partition coefficient (Wildman–Crippen LogP) is -1.57. The van der Waals surface area contributed by atoms with Crippen molar-refractivity contribution < 1.29 is 19.9 Å². The molecule has 0 saturated carbocycles. The van der Waals surface area contributed by atoms with E-state index < -0.39 is 31.1 Å². The molecular formula is C12H19BN2O4. The van der Waals surface area contributed by atoms with Gasteiger partial charge in [0.15, 0.2) is 0 Å². The zero-order valence-electron chi connectivity index (χ0n) is 10.7. The molecule has 1 aromatic rings. The Balaban J connectivity index is 2.66. The first kappa shape index (κ1) is 15.7. The first-order valence-electron chi connectivity index (χ1n) is 6.06. The minimum absolute atomic E-state index is 0.261. The molecule has 0 saturated heterocycles. The van der Waals surface area contributed by atoms with Crippen LogP contribution in [-0.2, 0) is 11.2 Å². The molecule has 1 amide bonds. The van der Waals surface area contributed by atoms with E-state index in [2.05, 4.69) is 5.32 Å². The van der Waals surface area contributed by atoms with Gasteiger partial charge >= 0.3 is 7.12 Å². The molecule has 6 N–H and O–H groups in total. The van der Waals surface area contributed by atoms with Gasteiger partial charge in [-0.15, -0.1) is 0 Å². The minimum Gasteiger partial charge on any atom is -0.426 e. The number of aliphatic hydroxyl groups excluding tert-OH is 1. The fraction of sp³-hybridized carbons (Fsp3) is 0.417. The largest absolute Gasteiger partial charge is 0.475 e. The van der Waals surface area contributed by atoms with Crippen molar-refractivity contribution in [2.75, 3.05) is 0 Å². The van der Waals surface area contributed by atoms with Crippen LogP contribution >= 0.6 is 0 Å². The maximum absolute atomic E-state index is 11.7. The van der Waals surface area contributed by atoms with Crippen LogP contribution in [0.3, 0.4) is 0 Å². The van der Waals surface area contributed by atoms with Crippen molar-refractivity contribution in [1.29, 1.82) is 0 Å². The summed E-state index contributed by atoms with van der Waals surface area (Å²) in [5.41, 5.74) is 6.33. The van der Waals surface area contributed by atoms with Gasteiger partial charge in [-0.2, -0.15) is 0 Å². The number of rotatable bonds is 6. The van der Waals surface area contributed by atoms with Gasteiger partial charge in [-0.05, 0) is 18.9 Å². The smallest absolute Gasteiger partial charge is 0.426 e. The van der Waals surface area contributed by atoms with Crippen molar-refractivity contribution in [3.05, 3.63) is 35.9 Å². The average Bonchev–Trinajstić information content (AvgIpc) is 2.37. The zero-order valence-corrected chi connectivity index (χ0v) is 10.7. The Hall–Kier alpha value is -1.41. The molecule has 0 unspecified atom stereocenters. The lowest BCUT2D eigenvalue weighted by Gasteiger charge is -2.21. The number of carbonyl (C=O) groups is 1. The first-order chi connectivity index (χ1) is 8.91. The summed E-state index contributed by atoms with van der Waals surface area (Å²) in [7, 11) is -1.70. The third-order valence-electron chi connectivity index (χ3n) is 2.81. The molecule has 6 nitrogen and oxygen atoms in total. The molecule has 7 heteroatoms. The third-order valence-corrected chi connectivity index (χ3v) is 2.81. The van der Waals surface area contributed by atoms with Crippen LogP contribution < -0.4 is 11.1 Å². The second-order valence-electron chi connectivity index (χ2n) is 4.48. The Labute approximate surface area is 112 Å². The number of hydrogen-bond acceptors (Lipinski definition) is 5. The van der Waals surface area contributed by atoms with Gasteiger partial charge in [0.25, 0.3) is 0 Å². The van der Waals surface area contributed by atoms with Crippen molar-refractivity contribution >= 4 is 13.0 Å². The van der Waals surface area contributed by atoms with Crippen molar-refractivity contribution in [3.63, 3.8) is 0 Å². The Kier molecular flexibility index (Phi) is 5.97. The fourth-order valence-electron chi connectivity index (χ4n) is 1.60. The highest BCUT2D eigenvalue weighted by molar-refractivity contribution is 6.43. The van der Waals surface area contributed by atoms with Crippen molar-refractivity contribution in [3.8, 4) is 0 Å². The van der Waals surface area contributed by atoms with Gasteiger partial charge in [-0.25, -0.2) is 0 Å². The number of carbonyl (C=O) groups excluding carboxylic acids is 1. The molecular weight excluding hydrogens is 247 g/mol. The standard InChI is InChI=1S/C12H19BN2O4/c1-8(16)11(14)12(17)15-10(13(18)19)7-9-5-3-2-4-6-9/h2-6,8,10-11,16,18-19H,7,14H2,1H3,(H,15,17)/t8-,10-,11-/m0/s1. The van der Waals surface area contributed by atoms with E-state index >= 15 is 0 Å². The molecule has 0 heterocycles. The Morgan fingerprint density at radius 1 is 1.37 bits per heavy atom. The highest BCUT2D eigenvalue weighted by Gasteiger charge is 2.28. The van der Waals surface area contributed by atoms with Crippen LogP contribution in [0.15, 0.2) is 30.3 Å². The second-order valence-corrected chi connectivity index (χ2v) is 4.48. The Morgan fingerprint density at radius 2 is 1.95 bits per heavy atom. The van der Waals surface area contributed by atoms with E-state index in [4.69, 9.17) is 5.73 Å². The van der Waals surface area contributed by atoms with Crippen LogP contribution in [-0.4, -0.2) is 46.3 Å². The maximum Gasteiger partial charge on any atom is 0.475 e. The number of nitrogens with two attached hydrogens (primary N) is 1. The van der Waals surface area contributed by atoms with E-state index in [1.54, 1.807) is 0 Å². The average molecular weight is 266 g/mol. The van der Waals surface area contributed by atoms with E-state index in [1.807, 2.05) is 30.3 Å². The van der Waals surface area contributed by atoms with Gasteiger partial charge in [-0.3, -0.25) is 4.79 Å². The number of amides is 1. The summed E-state index contributed by atoms with van der Waals surface area (Å²) in [6.07, 6.45) is -0.746. The van der Waals surface area contributed by atoms with E-state index in [0.29, 0.717) is 0 Å². The molecule has 19 heavy (non-hydrogen) atoms. The minimum atomic E-state index is -1.70. The number of nitrogens with one attached hydrogen (secondary N) is 1. The van der Waals surface area contributed by atoms with Gasteiger partial charge in [0.05, 0.1) is 12.0 Å². The van der Waals surface area contributed by atoms with E-state index in [1.165, 1.54) is 6.92 Å². The van der Waals surface area contributed by atoms with Crippen molar-refractivity contribution in [1.82, 2.24) is 5.32 Å². The normalized spacial score (nSPS) is 15.4. The predicted molar refractivity (Wildman–Crippen MR) is 71.9 cm³/mol. The van der Waals surface area contributed by atoms with Gasteiger partial charge in [0.2, 0.25) is 5.91 Å². The quantitative estimate of drug-likeness (QED) is 0.399. The summed E-state index contributed by atoms with van der Waals surface area (Å²) in [6, 6.07) is 8.01. The van der Waals surface area contributed by atoms with Crippen LogP contribution in [0.1, 0.15) is 12.5 Å². The second kappa shape index (κ2) is 7.25. The number of hydrogen-bond donors (Lipinski definition) is 5. The van der Waals surface area contributed by atoms with Crippen LogP contribution in [0.2, 0.25) is 0 Å². The molecule has 0 spiro atoms. The molecule has 104 valence electrons. The molecule has 0 fully saturated rings. The van der Waals surface area contributed by atoms with Crippen molar-refractivity contribution in [2.45, 2.75) is 31.4 Å². The van der Waals surface area contributed by atoms with Crippen molar-refractivity contribution in [2.24, 2.45) is 5.73 Å². The zero-order chi connectivity index (χ0) is 14.4. The van der Waals surface area contributed by atoms with E-state index in [-0.39, 0.29) is 6.42 Å². The summed E-state index contributed by atoms with van der Waals surface area (Å²) >= 11 is 0. The monoisotopic (exact) mass is 266 g/mol. The summed E-state index contributed by atoms with van der Waals surface area (Å²) in [6.45, 7) is 1.39. The van der Waals surface area contributed by atoms with Crippen LogP contribution in [0.5, 0.6) is 0 Å². The molecule has 0 bridgehead atoms. The molecule has 0 aliphatic heterocycles. The molecule has 0 radical (unpaired) electrons. The van der Waals surface area contributed by atoms with Gasteiger partial charge < -0.3 is 26.2 Å². The van der Waals surface area contributed by atoms with Crippen LogP contribution in [0, 0.1) is 0 Å². The van der Waals surface area contributed by atoms with E-state index in [0.717, 1.165) is 5.56 Å². The summed E-state index contributed by atoms with van der Waals surface area (Å²) in [4.78, 5) is 11.7. The number of benzene rings is 1. The highest BCUT2D eigenvalue weighted by atomic mass is 16.4. The SMILES string of the molecule is C[C@H](O)[C@H](N)C(=O)N[C@@H](Cc1ccccc1)B(O)O. The van der Waals surface area contributed by atoms with Gasteiger partial charge in [0, 0.05) is 0 Å². The molecule has 0 aromatic heterocycles. The molecule has 0 aliphatic carbocycles. The number of aliphatic hydroxyl groups is 1. The topological polar surface area (TPSA) is 116 Å². The summed E-state index contributed by atoms with van der Waals surface area (Å²) in [5.74, 6) is -1.50. The molecule has 0 aliphatic rings. The lowest BCUT2D eigenvalue weighted by molar-refractivity contribution is -0.124. The lowest BCUT2D eigenvalue weighted by atomic mass is 9.75. The molecule has 1 aromatic carbocycles. The van der Waals surface area contributed by atoms with E-state index in [9.17, 15) is 19.9 Å². The van der Waals surface area contributed by atoms with Gasteiger partial charge in [0.1, 0.15) is 6.04 Å². The fourth-order valence-corrected chi connectivity index (χ4v) is 1.60. The third kappa shape index (κ3) is 5.00. The molecule has 3 atom stereocenters.